The molecule has 4 nitrogen and oxygen atoms in total. The maximum absolute atomic E-state index is 6.35. The molecule has 156 valence electrons. The van der Waals surface area contributed by atoms with Gasteiger partial charge >= 0.3 is 5.97 Å². The molecule has 1 atom stereocenters. The maximum Gasteiger partial charge on any atom is 0.322 e. The molecule has 1 aromatic carbocycles. The monoisotopic (exact) mass is 380 g/mol. The first-order valence-electron chi connectivity index (χ1n) is 10.8. The summed E-state index contributed by atoms with van der Waals surface area (Å²) in [7, 11) is 0. The average molecular weight is 381 g/mol. The van der Waals surface area contributed by atoms with Crippen LogP contribution >= 0.6 is 0 Å². The van der Waals surface area contributed by atoms with Crippen LogP contribution in [0.15, 0.2) is 24.3 Å². The minimum absolute atomic E-state index is 0.314. The molecule has 1 rings (SSSR count). The summed E-state index contributed by atoms with van der Waals surface area (Å²) in [6.07, 6.45) is 7.91. The lowest BCUT2D eigenvalue weighted by molar-refractivity contribution is -0.406. The van der Waals surface area contributed by atoms with Gasteiger partial charge in [0.1, 0.15) is 5.75 Å². The Balaban J connectivity index is 2.88. The fraction of sp³-hybridized carbons (Fsp3) is 0.739. The molecule has 0 bridgehead atoms. The van der Waals surface area contributed by atoms with Crippen LogP contribution in [0.3, 0.4) is 0 Å². The van der Waals surface area contributed by atoms with Crippen LogP contribution in [0.25, 0.3) is 0 Å². The minimum atomic E-state index is -1.16. The Morgan fingerprint density at radius 1 is 0.741 bits per heavy atom. The van der Waals surface area contributed by atoms with Gasteiger partial charge in [0.25, 0.3) is 0 Å². The molecule has 0 N–H and O–H groups in total. The molecular weight excluding hydrogens is 340 g/mol. The molecule has 0 radical (unpaired) electrons. The lowest BCUT2D eigenvalue weighted by atomic mass is 10.1. The lowest BCUT2D eigenvalue weighted by Crippen LogP contribution is -2.52. The van der Waals surface area contributed by atoms with Gasteiger partial charge in [0.15, 0.2) is 6.10 Å². The van der Waals surface area contributed by atoms with Crippen LogP contribution in [0.4, 0.5) is 0 Å². The van der Waals surface area contributed by atoms with Crippen LogP contribution in [0.2, 0.25) is 0 Å². The van der Waals surface area contributed by atoms with Crippen molar-refractivity contribution in [2.45, 2.75) is 91.6 Å². The van der Waals surface area contributed by atoms with E-state index in [0.29, 0.717) is 19.8 Å². The Kier molecular flexibility index (Phi) is 12.4. The molecule has 1 unspecified atom stereocenters. The van der Waals surface area contributed by atoms with Gasteiger partial charge in [-0.3, -0.25) is 0 Å². The van der Waals surface area contributed by atoms with E-state index in [-0.39, 0.29) is 6.10 Å². The summed E-state index contributed by atoms with van der Waals surface area (Å²) in [5.41, 5.74) is 1.21. The van der Waals surface area contributed by atoms with Crippen LogP contribution in [0, 0.1) is 6.92 Å². The highest BCUT2D eigenvalue weighted by molar-refractivity contribution is 5.26. The molecule has 0 saturated heterocycles. The molecule has 4 heteroatoms. The molecule has 0 aliphatic rings. The molecule has 0 spiro atoms. The predicted molar refractivity (Wildman–Crippen MR) is 111 cm³/mol. The van der Waals surface area contributed by atoms with Gasteiger partial charge in [0.05, 0.1) is 0 Å². The van der Waals surface area contributed by atoms with Crippen molar-refractivity contribution >= 4 is 0 Å². The standard InChI is InChI=1S/C23H40O4/c1-6-10-11-12-13-14-15-22(27-21-18-16-20(5)17-19-21)23(24-7-2,25-8-3)26-9-4/h16-19,22H,6-15H2,1-5H3. The molecular formula is C23H40O4. The highest BCUT2D eigenvalue weighted by atomic mass is 16.9. The number of unbranched alkanes of at least 4 members (excludes halogenated alkanes) is 5. The van der Waals surface area contributed by atoms with Crippen molar-refractivity contribution in [3.63, 3.8) is 0 Å². The summed E-state index contributed by atoms with van der Waals surface area (Å²) in [4.78, 5) is 0. The quantitative estimate of drug-likeness (QED) is 0.251. The first-order chi connectivity index (χ1) is 13.1. The number of hydrogen-bond acceptors (Lipinski definition) is 4. The Bertz CT molecular complexity index is 455. The predicted octanol–water partition coefficient (Wildman–Crippen LogP) is 6.26. The summed E-state index contributed by atoms with van der Waals surface area (Å²) in [5, 5.41) is 0. The third-order valence-corrected chi connectivity index (χ3v) is 4.55. The van der Waals surface area contributed by atoms with E-state index < -0.39 is 5.97 Å². The van der Waals surface area contributed by atoms with Crippen LogP contribution in [-0.2, 0) is 14.2 Å². The normalized spacial score (nSPS) is 12.9. The average Bonchev–Trinajstić information content (AvgIpc) is 2.65. The van der Waals surface area contributed by atoms with E-state index in [0.717, 1.165) is 18.6 Å². The van der Waals surface area contributed by atoms with Crippen molar-refractivity contribution < 1.29 is 18.9 Å². The van der Waals surface area contributed by atoms with Gasteiger partial charge in [0.2, 0.25) is 0 Å². The van der Waals surface area contributed by atoms with Crippen LogP contribution in [0.1, 0.15) is 78.2 Å². The Hall–Kier alpha value is -1.10. The van der Waals surface area contributed by atoms with Crippen molar-refractivity contribution in [2.75, 3.05) is 19.8 Å². The molecule has 0 saturated carbocycles. The smallest absolute Gasteiger partial charge is 0.322 e. The van der Waals surface area contributed by atoms with Crippen LogP contribution < -0.4 is 4.74 Å². The van der Waals surface area contributed by atoms with Gasteiger partial charge < -0.3 is 18.9 Å². The van der Waals surface area contributed by atoms with Gasteiger partial charge in [-0.1, -0.05) is 56.7 Å². The van der Waals surface area contributed by atoms with Crippen molar-refractivity contribution in [1.29, 1.82) is 0 Å². The second kappa shape index (κ2) is 14.0. The highest BCUT2D eigenvalue weighted by Gasteiger charge is 2.44. The van der Waals surface area contributed by atoms with Gasteiger partial charge in [-0.25, -0.2) is 0 Å². The zero-order valence-electron chi connectivity index (χ0n) is 18.1. The number of ether oxygens (including phenoxy) is 4. The van der Waals surface area contributed by atoms with E-state index in [1.165, 1.54) is 37.7 Å². The number of aryl methyl sites for hydroxylation is 1. The maximum atomic E-state index is 6.35. The summed E-state index contributed by atoms with van der Waals surface area (Å²) in [5.74, 6) is -0.341. The van der Waals surface area contributed by atoms with E-state index in [1.807, 2.05) is 32.9 Å². The van der Waals surface area contributed by atoms with Crippen molar-refractivity contribution in [3.05, 3.63) is 29.8 Å². The Morgan fingerprint density at radius 3 is 1.78 bits per heavy atom. The van der Waals surface area contributed by atoms with E-state index in [1.54, 1.807) is 0 Å². The second-order valence-electron chi connectivity index (χ2n) is 6.88. The zero-order chi connectivity index (χ0) is 20.0. The van der Waals surface area contributed by atoms with Crippen molar-refractivity contribution in [2.24, 2.45) is 0 Å². The summed E-state index contributed by atoms with van der Waals surface area (Å²) in [6.45, 7) is 11.7. The van der Waals surface area contributed by atoms with Crippen LogP contribution in [0.5, 0.6) is 5.75 Å². The molecule has 0 heterocycles. The van der Waals surface area contributed by atoms with Crippen molar-refractivity contribution in [3.8, 4) is 5.75 Å². The van der Waals surface area contributed by atoms with Gasteiger partial charge in [-0.05, 0) is 52.7 Å². The first kappa shape index (κ1) is 23.9. The van der Waals surface area contributed by atoms with Gasteiger partial charge in [-0.2, -0.15) is 0 Å². The van der Waals surface area contributed by atoms with Crippen molar-refractivity contribution in [1.82, 2.24) is 0 Å². The first-order valence-corrected chi connectivity index (χ1v) is 10.8. The number of hydrogen-bond donors (Lipinski definition) is 0. The molecule has 0 aromatic heterocycles. The Morgan fingerprint density at radius 2 is 1.26 bits per heavy atom. The topological polar surface area (TPSA) is 36.9 Å². The third-order valence-electron chi connectivity index (χ3n) is 4.55. The van der Waals surface area contributed by atoms with Crippen LogP contribution in [-0.4, -0.2) is 31.9 Å². The highest BCUT2D eigenvalue weighted by Crippen LogP contribution is 2.29. The van der Waals surface area contributed by atoms with E-state index in [9.17, 15) is 0 Å². The SMILES string of the molecule is CCCCCCCCC(Oc1ccc(C)cc1)C(OCC)(OCC)OCC. The summed E-state index contributed by atoms with van der Waals surface area (Å²) < 4.78 is 24.3. The fourth-order valence-corrected chi connectivity index (χ4v) is 3.21. The molecule has 1 aromatic rings. The largest absolute Gasteiger partial charge is 0.482 e. The van der Waals surface area contributed by atoms with E-state index in [2.05, 4.69) is 26.0 Å². The van der Waals surface area contributed by atoms with E-state index >= 15 is 0 Å². The number of benzene rings is 1. The molecule has 0 aliphatic heterocycles. The van der Waals surface area contributed by atoms with Gasteiger partial charge in [-0.15, -0.1) is 0 Å². The van der Waals surface area contributed by atoms with Gasteiger partial charge in [0, 0.05) is 19.8 Å². The minimum Gasteiger partial charge on any atom is -0.482 e. The number of rotatable bonds is 16. The molecule has 0 fully saturated rings. The third kappa shape index (κ3) is 8.63. The van der Waals surface area contributed by atoms with E-state index in [4.69, 9.17) is 18.9 Å². The zero-order valence-corrected chi connectivity index (χ0v) is 18.1. The molecule has 27 heavy (non-hydrogen) atoms. The molecule has 0 amide bonds. The summed E-state index contributed by atoms with van der Waals surface area (Å²) in [6, 6.07) is 8.11. The molecule has 0 aliphatic carbocycles. The second-order valence-corrected chi connectivity index (χ2v) is 6.88. The summed E-state index contributed by atoms with van der Waals surface area (Å²) >= 11 is 0. The lowest BCUT2D eigenvalue weighted by Gasteiger charge is -2.38. The Labute approximate surface area is 166 Å². The fourth-order valence-electron chi connectivity index (χ4n) is 3.21.